The van der Waals surface area contributed by atoms with Crippen LogP contribution in [0.2, 0.25) is 0 Å². The largest absolute Gasteiger partial charge is 0.518 e. The molecule has 0 spiro atoms. The zero-order chi connectivity index (χ0) is 20.9. The smallest absolute Gasteiger partial charge is 0.398 e. The van der Waals surface area contributed by atoms with Gasteiger partial charge in [-0.2, -0.15) is 0 Å². The van der Waals surface area contributed by atoms with E-state index in [1.165, 1.54) is 24.3 Å². The second-order valence-corrected chi connectivity index (χ2v) is 6.80. The predicted octanol–water partition coefficient (Wildman–Crippen LogP) is 4.75. The van der Waals surface area contributed by atoms with Gasteiger partial charge >= 0.3 is 6.16 Å². The fraction of sp³-hybridized carbons (Fsp3) is 0.0800. The van der Waals surface area contributed by atoms with Gasteiger partial charge in [-0.05, 0) is 35.4 Å². The lowest BCUT2D eigenvalue weighted by molar-refractivity contribution is -0.116. The number of carbonyl (C=O) groups is 3. The highest BCUT2D eigenvalue weighted by Gasteiger charge is 2.32. The van der Waals surface area contributed by atoms with E-state index in [4.69, 9.17) is 9.47 Å². The Hall–Kier alpha value is -3.99. The van der Waals surface area contributed by atoms with Crippen LogP contribution in [-0.2, 0) is 19.1 Å². The maximum Gasteiger partial charge on any atom is 0.518 e. The summed E-state index contributed by atoms with van der Waals surface area (Å²) in [6.07, 6.45) is 8.07. The third kappa shape index (κ3) is 4.05. The molecular formula is C25H18O5. The number of hydrogen-bond acceptors (Lipinski definition) is 5. The van der Waals surface area contributed by atoms with Gasteiger partial charge in [0.15, 0.2) is 11.6 Å². The maximum atomic E-state index is 12.5. The van der Waals surface area contributed by atoms with Crippen LogP contribution in [0.25, 0.3) is 0 Å². The third-order valence-corrected chi connectivity index (χ3v) is 4.85. The lowest BCUT2D eigenvalue weighted by atomic mass is 9.89. The van der Waals surface area contributed by atoms with Crippen molar-refractivity contribution in [3.8, 4) is 0 Å². The van der Waals surface area contributed by atoms with Gasteiger partial charge in [0.05, 0.1) is 0 Å². The van der Waals surface area contributed by atoms with Crippen molar-refractivity contribution in [2.75, 3.05) is 0 Å². The van der Waals surface area contributed by atoms with Gasteiger partial charge in [-0.15, -0.1) is 0 Å². The predicted molar refractivity (Wildman–Crippen MR) is 110 cm³/mol. The van der Waals surface area contributed by atoms with Gasteiger partial charge in [-0.25, -0.2) is 4.79 Å². The van der Waals surface area contributed by atoms with E-state index in [0.29, 0.717) is 11.1 Å². The monoisotopic (exact) mass is 398 g/mol. The Morgan fingerprint density at radius 2 is 1.03 bits per heavy atom. The quantitative estimate of drug-likeness (QED) is 0.695. The van der Waals surface area contributed by atoms with Gasteiger partial charge in [0, 0.05) is 0 Å². The van der Waals surface area contributed by atoms with E-state index in [1.807, 2.05) is 36.4 Å². The first-order chi connectivity index (χ1) is 14.6. The molecule has 30 heavy (non-hydrogen) atoms. The van der Waals surface area contributed by atoms with Crippen LogP contribution in [0.3, 0.4) is 0 Å². The molecule has 0 amide bonds. The molecule has 4 rings (SSSR count). The van der Waals surface area contributed by atoms with E-state index >= 15 is 0 Å². The average molecular weight is 398 g/mol. The summed E-state index contributed by atoms with van der Waals surface area (Å²) in [6, 6.07) is 18.1. The molecule has 0 saturated heterocycles. The van der Waals surface area contributed by atoms with Crippen molar-refractivity contribution in [3.05, 3.63) is 120 Å². The molecule has 2 unspecified atom stereocenters. The molecule has 2 aromatic carbocycles. The van der Waals surface area contributed by atoms with Crippen LogP contribution >= 0.6 is 0 Å². The molecule has 0 aliphatic heterocycles. The summed E-state index contributed by atoms with van der Waals surface area (Å²) in [6.45, 7) is 0. The number of rotatable bonds is 4. The molecule has 2 aliphatic rings. The van der Waals surface area contributed by atoms with Crippen LogP contribution < -0.4 is 0 Å². The highest BCUT2D eigenvalue weighted by molar-refractivity contribution is 6.00. The van der Waals surface area contributed by atoms with Crippen LogP contribution in [0.5, 0.6) is 0 Å². The molecule has 2 atom stereocenters. The van der Waals surface area contributed by atoms with Gasteiger partial charge < -0.3 is 9.47 Å². The topological polar surface area (TPSA) is 69.7 Å². The minimum atomic E-state index is -0.999. The average Bonchev–Trinajstić information content (AvgIpc) is 2.75. The Bertz CT molecular complexity index is 1000. The van der Waals surface area contributed by atoms with Crippen LogP contribution in [-0.4, -0.2) is 17.7 Å². The number of carbonyl (C=O) groups excluding carboxylic acids is 3. The fourth-order valence-electron chi connectivity index (χ4n) is 3.49. The van der Waals surface area contributed by atoms with Gasteiger partial charge in [0.1, 0.15) is 23.4 Å². The first-order valence-electron chi connectivity index (χ1n) is 9.47. The Balaban J connectivity index is 1.53. The molecule has 0 heterocycles. The molecule has 0 saturated carbocycles. The Kier molecular flexibility index (Phi) is 5.52. The standard InChI is InChI=1S/C25H18O5/c26-19-13-7-15-21(23(19)17-9-3-1-4-10-17)29-25(28)30-22-16-8-14-20(27)24(22)18-11-5-2-6-12-18/h1-16,23-24H. The fourth-order valence-corrected chi connectivity index (χ4v) is 3.49. The summed E-state index contributed by atoms with van der Waals surface area (Å²) >= 11 is 0. The van der Waals surface area contributed by atoms with Crippen molar-refractivity contribution in [1.29, 1.82) is 0 Å². The molecule has 5 heteroatoms. The molecule has 2 aliphatic carbocycles. The number of hydrogen-bond donors (Lipinski definition) is 0. The minimum absolute atomic E-state index is 0.174. The molecule has 0 aromatic heterocycles. The molecule has 0 fully saturated rings. The summed E-state index contributed by atoms with van der Waals surface area (Å²) in [5, 5.41) is 0. The molecule has 2 aromatic rings. The molecule has 5 nitrogen and oxygen atoms in total. The van der Waals surface area contributed by atoms with Crippen molar-refractivity contribution in [1.82, 2.24) is 0 Å². The lowest BCUT2D eigenvalue weighted by Gasteiger charge is -2.22. The highest BCUT2D eigenvalue weighted by Crippen LogP contribution is 2.32. The van der Waals surface area contributed by atoms with Crippen molar-refractivity contribution >= 4 is 17.7 Å². The van der Waals surface area contributed by atoms with Crippen LogP contribution in [0.15, 0.2) is 109 Å². The maximum absolute atomic E-state index is 12.5. The van der Waals surface area contributed by atoms with E-state index in [0.717, 1.165) is 0 Å². The van der Waals surface area contributed by atoms with E-state index < -0.39 is 18.0 Å². The Labute approximate surface area is 173 Å². The van der Waals surface area contributed by atoms with Crippen LogP contribution in [0, 0.1) is 0 Å². The molecule has 0 radical (unpaired) electrons. The van der Waals surface area contributed by atoms with Crippen molar-refractivity contribution in [3.63, 3.8) is 0 Å². The summed E-state index contributed by atoms with van der Waals surface area (Å²) in [5.41, 5.74) is 1.42. The zero-order valence-electron chi connectivity index (χ0n) is 15.9. The van der Waals surface area contributed by atoms with Gasteiger partial charge in [-0.1, -0.05) is 72.8 Å². The first-order valence-corrected chi connectivity index (χ1v) is 9.47. The van der Waals surface area contributed by atoms with E-state index in [9.17, 15) is 14.4 Å². The molecule has 148 valence electrons. The summed E-state index contributed by atoms with van der Waals surface area (Å²) in [7, 11) is 0. The summed E-state index contributed by atoms with van der Waals surface area (Å²) < 4.78 is 10.8. The number of benzene rings is 2. The highest BCUT2D eigenvalue weighted by atomic mass is 16.7. The number of allylic oxidation sites excluding steroid dienone is 8. The first kappa shape index (κ1) is 19.3. The van der Waals surface area contributed by atoms with Crippen LogP contribution in [0.1, 0.15) is 23.0 Å². The molecular weight excluding hydrogens is 380 g/mol. The summed E-state index contributed by atoms with van der Waals surface area (Å²) in [5.74, 6) is -1.49. The van der Waals surface area contributed by atoms with E-state index in [2.05, 4.69) is 0 Å². The minimum Gasteiger partial charge on any atom is -0.398 e. The van der Waals surface area contributed by atoms with Crippen molar-refractivity contribution in [2.45, 2.75) is 11.8 Å². The summed E-state index contributed by atoms with van der Waals surface area (Å²) in [4.78, 5) is 37.4. The zero-order valence-corrected chi connectivity index (χ0v) is 15.9. The Morgan fingerprint density at radius 1 is 0.633 bits per heavy atom. The van der Waals surface area contributed by atoms with Gasteiger partial charge in [0.25, 0.3) is 0 Å². The van der Waals surface area contributed by atoms with E-state index in [-0.39, 0.29) is 23.1 Å². The van der Waals surface area contributed by atoms with Crippen LogP contribution in [0.4, 0.5) is 4.79 Å². The van der Waals surface area contributed by atoms with Crippen molar-refractivity contribution < 1.29 is 23.9 Å². The van der Waals surface area contributed by atoms with E-state index in [1.54, 1.807) is 36.4 Å². The third-order valence-electron chi connectivity index (χ3n) is 4.85. The molecule has 0 N–H and O–H groups in total. The normalized spacial score (nSPS) is 20.4. The number of ketones is 2. The lowest BCUT2D eigenvalue weighted by Crippen LogP contribution is -2.22. The van der Waals surface area contributed by atoms with Gasteiger partial charge in [0.2, 0.25) is 0 Å². The van der Waals surface area contributed by atoms with Crippen molar-refractivity contribution in [2.24, 2.45) is 0 Å². The molecule has 0 bridgehead atoms. The second kappa shape index (κ2) is 8.57. The second-order valence-electron chi connectivity index (χ2n) is 6.80. The SMILES string of the molecule is O=C(OC1=CC=CC(=O)C1c1ccccc1)OC1=CC=CC(=O)C1c1ccccc1. The van der Waals surface area contributed by atoms with Gasteiger partial charge in [-0.3, -0.25) is 9.59 Å². The Morgan fingerprint density at radius 3 is 1.43 bits per heavy atom. The number of ether oxygens (including phenoxy) is 2.